The molecule has 0 unspecified atom stereocenters. The number of carbonyl (C=O) groups excluding carboxylic acids is 2. The van der Waals surface area contributed by atoms with E-state index in [9.17, 15) is 9.59 Å². The molecule has 7 nitrogen and oxygen atoms in total. The Labute approximate surface area is 187 Å². The van der Waals surface area contributed by atoms with Crippen molar-refractivity contribution >= 4 is 46.0 Å². The zero-order chi connectivity index (χ0) is 21.5. The summed E-state index contributed by atoms with van der Waals surface area (Å²) >= 11 is 6.82. The molecule has 9 heteroatoms. The van der Waals surface area contributed by atoms with E-state index in [2.05, 4.69) is 10.2 Å². The maximum Gasteiger partial charge on any atom is 0.321 e. The average molecular weight is 452 g/mol. The molecule has 2 saturated heterocycles. The molecule has 1 aromatic rings. The van der Waals surface area contributed by atoms with Crippen LogP contribution in [-0.4, -0.2) is 76.4 Å². The Kier molecular flexibility index (Phi) is 8.35. The molecule has 0 aromatic heterocycles. The molecule has 0 spiro atoms. The number of carbonyl (C=O) groups is 2. The van der Waals surface area contributed by atoms with E-state index >= 15 is 0 Å². The van der Waals surface area contributed by atoms with Crippen LogP contribution >= 0.6 is 24.0 Å². The summed E-state index contributed by atoms with van der Waals surface area (Å²) in [5.74, 6) is -0.0582. The van der Waals surface area contributed by atoms with E-state index in [1.165, 1.54) is 11.8 Å². The molecular formula is C21H29N3O4S2. The van der Waals surface area contributed by atoms with Crippen molar-refractivity contribution in [3.8, 4) is 0 Å². The van der Waals surface area contributed by atoms with Gasteiger partial charge >= 0.3 is 12.0 Å². The van der Waals surface area contributed by atoms with Gasteiger partial charge in [0.15, 0.2) is 0 Å². The minimum atomic E-state index is -0.260. The Morgan fingerprint density at radius 3 is 2.40 bits per heavy atom. The Morgan fingerprint density at radius 1 is 1.13 bits per heavy atom. The van der Waals surface area contributed by atoms with Crippen molar-refractivity contribution in [3.05, 3.63) is 30.3 Å². The second-order valence-corrected chi connectivity index (χ2v) is 9.30. The number of benzene rings is 1. The van der Waals surface area contributed by atoms with Gasteiger partial charge in [0.1, 0.15) is 10.4 Å². The van der Waals surface area contributed by atoms with Crippen LogP contribution in [0.3, 0.4) is 0 Å². The summed E-state index contributed by atoms with van der Waals surface area (Å²) in [6.45, 7) is 6.66. The second-order valence-electron chi connectivity index (χ2n) is 7.69. The predicted octanol–water partition coefficient (Wildman–Crippen LogP) is 3.35. The van der Waals surface area contributed by atoms with Gasteiger partial charge in [-0.2, -0.15) is 0 Å². The highest BCUT2D eigenvalue weighted by atomic mass is 32.2. The molecule has 0 bridgehead atoms. The first-order valence-electron chi connectivity index (χ1n) is 10.3. The Morgan fingerprint density at radius 2 is 1.77 bits per heavy atom. The lowest BCUT2D eigenvalue weighted by molar-refractivity contribution is -0.147. The van der Waals surface area contributed by atoms with Crippen molar-refractivity contribution in [2.45, 2.75) is 45.0 Å². The molecule has 0 radical (unpaired) electrons. The van der Waals surface area contributed by atoms with Gasteiger partial charge in [0.2, 0.25) is 0 Å². The van der Waals surface area contributed by atoms with Gasteiger partial charge in [0.25, 0.3) is 0 Å². The first kappa shape index (κ1) is 22.8. The largest absolute Gasteiger partial charge is 0.462 e. The molecule has 0 aliphatic carbocycles. The second kappa shape index (κ2) is 11.0. The summed E-state index contributed by atoms with van der Waals surface area (Å²) in [6.07, 6.45) is 1.38. The summed E-state index contributed by atoms with van der Waals surface area (Å²) in [4.78, 5) is 28.4. The van der Waals surface area contributed by atoms with Crippen LogP contribution in [0.5, 0.6) is 0 Å². The normalized spacial score (nSPS) is 22.5. The minimum absolute atomic E-state index is 0.124. The molecule has 2 heterocycles. The smallest absolute Gasteiger partial charge is 0.321 e. The number of amides is 2. The number of para-hydroxylation sites is 1. The van der Waals surface area contributed by atoms with Gasteiger partial charge in [-0.1, -0.05) is 42.2 Å². The van der Waals surface area contributed by atoms with Crippen LogP contribution in [0.25, 0.3) is 0 Å². The fourth-order valence-electron chi connectivity index (χ4n) is 3.66. The maximum absolute atomic E-state index is 12.3. The van der Waals surface area contributed by atoms with E-state index in [1.54, 1.807) is 4.90 Å². The molecule has 2 aliphatic rings. The summed E-state index contributed by atoms with van der Waals surface area (Å²) in [5, 5.41) is 2.89. The number of nitrogens with one attached hydrogen (secondary N) is 1. The molecule has 164 valence electrons. The van der Waals surface area contributed by atoms with Gasteiger partial charge in [0, 0.05) is 44.7 Å². The third-order valence-corrected chi connectivity index (χ3v) is 6.54. The number of hydrogen-bond donors (Lipinski definition) is 1. The standard InChI is InChI=1S/C21H29N3O4S2/c1-15-12-24(13-16(2)27-15)21(29)30-14-19(25)28-18-8-10-23(11-9-18)20(26)22-17-6-4-3-5-7-17/h3-7,15-16,18H,8-14H2,1-2H3,(H,22,26)/t15-,16-/m0/s1. The lowest BCUT2D eigenvalue weighted by Crippen LogP contribution is -2.47. The minimum Gasteiger partial charge on any atom is -0.462 e. The van der Waals surface area contributed by atoms with Crippen LogP contribution in [0.4, 0.5) is 10.5 Å². The van der Waals surface area contributed by atoms with E-state index in [0.29, 0.717) is 30.3 Å². The van der Waals surface area contributed by atoms with Crippen molar-refractivity contribution in [1.82, 2.24) is 9.80 Å². The molecule has 2 amide bonds. The molecule has 2 aliphatic heterocycles. The Balaban J connectivity index is 1.35. The van der Waals surface area contributed by atoms with Gasteiger partial charge in [-0.3, -0.25) is 4.79 Å². The number of anilines is 1. The molecule has 2 atom stereocenters. The number of thiocarbonyl (C=S) groups is 1. The van der Waals surface area contributed by atoms with Crippen molar-refractivity contribution < 1.29 is 19.1 Å². The van der Waals surface area contributed by atoms with Crippen molar-refractivity contribution in [3.63, 3.8) is 0 Å². The van der Waals surface area contributed by atoms with E-state index < -0.39 is 0 Å². The molecule has 30 heavy (non-hydrogen) atoms. The summed E-state index contributed by atoms with van der Waals surface area (Å²) in [7, 11) is 0. The van der Waals surface area contributed by atoms with Gasteiger partial charge in [-0.05, 0) is 26.0 Å². The van der Waals surface area contributed by atoms with Crippen LogP contribution in [0.1, 0.15) is 26.7 Å². The summed E-state index contributed by atoms with van der Waals surface area (Å²) in [5.41, 5.74) is 0.771. The number of hydrogen-bond acceptors (Lipinski definition) is 6. The monoisotopic (exact) mass is 451 g/mol. The molecule has 2 fully saturated rings. The van der Waals surface area contributed by atoms with Crippen LogP contribution in [0.2, 0.25) is 0 Å². The van der Waals surface area contributed by atoms with Crippen LogP contribution in [0.15, 0.2) is 30.3 Å². The van der Waals surface area contributed by atoms with E-state index in [1.807, 2.05) is 44.2 Å². The number of piperidine rings is 1. The van der Waals surface area contributed by atoms with Gasteiger partial charge in [-0.15, -0.1) is 0 Å². The van der Waals surface area contributed by atoms with Crippen molar-refractivity contribution in [2.75, 3.05) is 37.2 Å². The quantitative estimate of drug-likeness (QED) is 0.556. The SMILES string of the molecule is C[C@H]1CN(C(=S)SCC(=O)OC2CCN(C(=O)Nc3ccccc3)CC2)C[C@H](C)O1. The lowest BCUT2D eigenvalue weighted by Gasteiger charge is -2.36. The summed E-state index contributed by atoms with van der Waals surface area (Å²) < 4.78 is 12.0. The Hall–Kier alpha value is -1.84. The van der Waals surface area contributed by atoms with Crippen molar-refractivity contribution in [1.29, 1.82) is 0 Å². The van der Waals surface area contributed by atoms with Gasteiger partial charge < -0.3 is 24.6 Å². The van der Waals surface area contributed by atoms with Gasteiger partial charge in [0.05, 0.1) is 18.0 Å². The molecule has 0 saturated carbocycles. The topological polar surface area (TPSA) is 71.1 Å². The Bertz CT molecular complexity index is 731. The zero-order valence-corrected chi connectivity index (χ0v) is 19.0. The maximum atomic E-state index is 12.3. The molecular weight excluding hydrogens is 422 g/mol. The number of ether oxygens (including phenoxy) is 2. The third kappa shape index (κ3) is 6.85. The van der Waals surface area contributed by atoms with Crippen LogP contribution < -0.4 is 5.32 Å². The summed E-state index contributed by atoms with van der Waals surface area (Å²) in [6, 6.07) is 9.25. The first-order valence-corrected chi connectivity index (χ1v) is 11.7. The van der Waals surface area contributed by atoms with E-state index in [-0.39, 0.29) is 36.1 Å². The predicted molar refractivity (Wildman–Crippen MR) is 123 cm³/mol. The number of morpholine rings is 1. The van der Waals surface area contributed by atoms with Gasteiger partial charge in [-0.25, -0.2) is 4.79 Å². The first-order chi connectivity index (χ1) is 14.4. The number of esters is 1. The number of urea groups is 1. The number of likely N-dealkylation sites (tertiary alicyclic amines) is 1. The van der Waals surface area contributed by atoms with E-state index in [0.717, 1.165) is 18.8 Å². The highest BCUT2D eigenvalue weighted by Crippen LogP contribution is 2.19. The lowest BCUT2D eigenvalue weighted by atomic mass is 10.1. The number of rotatable bonds is 4. The fourth-order valence-corrected chi connectivity index (χ4v) is 4.63. The third-order valence-electron chi connectivity index (χ3n) is 5.04. The van der Waals surface area contributed by atoms with Crippen LogP contribution in [-0.2, 0) is 14.3 Å². The highest BCUT2D eigenvalue weighted by molar-refractivity contribution is 8.23. The average Bonchev–Trinajstić information content (AvgIpc) is 2.72. The van der Waals surface area contributed by atoms with Crippen LogP contribution in [0, 0.1) is 0 Å². The fraction of sp³-hybridized carbons (Fsp3) is 0.571. The number of nitrogens with zero attached hydrogens (tertiary/aromatic N) is 2. The highest BCUT2D eigenvalue weighted by Gasteiger charge is 2.27. The molecule has 1 aromatic carbocycles. The van der Waals surface area contributed by atoms with E-state index in [4.69, 9.17) is 21.7 Å². The zero-order valence-electron chi connectivity index (χ0n) is 17.4. The van der Waals surface area contributed by atoms with Crippen molar-refractivity contribution in [2.24, 2.45) is 0 Å². The molecule has 3 rings (SSSR count). The molecule has 1 N–H and O–H groups in total. The number of thioether (sulfide) groups is 1.